The van der Waals surface area contributed by atoms with Crippen LogP contribution in [0.25, 0.3) is 10.9 Å². The van der Waals surface area contributed by atoms with E-state index >= 15 is 0 Å². The van der Waals surface area contributed by atoms with Crippen molar-refractivity contribution in [3.05, 3.63) is 35.0 Å². The van der Waals surface area contributed by atoms with Gasteiger partial charge in [-0.05, 0) is 38.0 Å². The molecule has 0 unspecified atom stereocenters. The van der Waals surface area contributed by atoms with E-state index in [0.717, 1.165) is 11.9 Å². The van der Waals surface area contributed by atoms with Crippen molar-refractivity contribution in [2.45, 2.75) is 20.3 Å². The summed E-state index contributed by atoms with van der Waals surface area (Å²) in [5.41, 5.74) is 4.83. The van der Waals surface area contributed by atoms with Crippen LogP contribution in [0.1, 0.15) is 16.8 Å². The molecular formula is C12H15NO. The smallest absolute Gasteiger partial charge is 0.0472 e. The molecule has 74 valence electrons. The summed E-state index contributed by atoms with van der Waals surface area (Å²) in [5, 5.41) is 10.2. The second-order valence-corrected chi connectivity index (χ2v) is 3.75. The molecule has 1 aromatic heterocycles. The first-order valence-corrected chi connectivity index (χ1v) is 4.91. The van der Waals surface area contributed by atoms with Crippen molar-refractivity contribution < 1.29 is 5.11 Å². The quantitative estimate of drug-likeness (QED) is 0.747. The Bertz CT molecular complexity index is 457. The molecule has 2 N–H and O–H groups in total. The van der Waals surface area contributed by atoms with Crippen LogP contribution in [-0.4, -0.2) is 16.7 Å². The molecule has 14 heavy (non-hydrogen) atoms. The Balaban J connectivity index is 2.66. The number of aliphatic hydroxyl groups excluding tert-OH is 1. The third kappa shape index (κ3) is 1.42. The lowest BCUT2D eigenvalue weighted by Gasteiger charge is -1.98. The SMILES string of the molecule is Cc1ccc2[nH]c(C)c(CCO)c2c1. The first kappa shape index (κ1) is 9.28. The van der Waals surface area contributed by atoms with Gasteiger partial charge in [0.15, 0.2) is 0 Å². The fraction of sp³-hybridized carbons (Fsp3) is 0.333. The van der Waals surface area contributed by atoms with Gasteiger partial charge in [-0.15, -0.1) is 0 Å². The van der Waals surface area contributed by atoms with E-state index < -0.39 is 0 Å². The predicted octanol–water partition coefficient (Wildman–Crippen LogP) is 2.32. The molecule has 0 bridgehead atoms. The summed E-state index contributed by atoms with van der Waals surface area (Å²) in [6, 6.07) is 6.36. The molecule has 0 atom stereocenters. The van der Waals surface area contributed by atoms with E-state index in [0.29, 0.717) is 0 Å². The number of hydrogen-bond acceptors (Lipinski definition) is 1. The summed E-state index contributed by atoms with van der Waals surface area (Å²) in [5.74, 6) is 0. The number of H-pyrrole nitrogens is 1. The average molecular weight is 189 g/mol. The zero-order chi connectivity index (χ0) is 10.1. The predicted molar refractivity (Wildman–Crippen MR) is 58.6 cm³/mol. The van der Waals surface area contributed by atoms with Gasteiger partial charge in [0.1, 0.15) is 0 Å². The Morgan fingerprint density at radius 1 is 1.29 bits per heavy atom. The van der Waals surface area contributed by atoms with Crippen molar-refractivity contribution in [3.63, 3.8) is 0 Å². The monoisotopic (exact) mass is 189 g/mol. The number of aliphatic hydroxyl groups is 1. The first-order valence-electron chi connectivity index (χ1n) is 4.91. The molecule has 1 heterocycles. The molecule has 0 saturated carbocycles. The summed E-state index contributed by atoms with van der Waals surface area (Å²) in [4.78, 5) is 3.33. The number of fused-ring (bicyclic) bond motifs is 1. The summed E-state index contributed by atoms with van der Waals surface area (Å²) in [7, 11) is 0. The van der Waals surface area contributed by atoms with Gasteiger partial charge in [-0.2, -0.15) is 0 Å². The maximum Gasteiger partial charge on any atom is 0.0472 e. The van der Waals surface area contributed by atoms with E-state index in [1.807, 2.05) is 0 Å². The topological polar surface area (TPSA) is 36.0 Å². The van der Waals surface area contributed by atoms with Gasteiger partial charge in [-0.3, -0.25) is 0 Å². The minimum Gasteiger partial charge on any atom is -0.396 e. The summed E-state index contributed by atoms with van der Waals surface area (Å²) in [6.45, 7) is 4.35. The molecule has 0 amide bonds. The van der Waals surface area contributed by atoms with Gasteiger partial charge in [0.25, 0.3) is 0 Å². The Kier molecular flexibility index (Phi) is 2.30. The molecule has 0 saturated heterocycles. The molecule has 2 nitrogen and oxygen atoms in total. The van der Waals surface area contributed by atoms with Crippen LogP contribution >= 0.6 is 0 Å². The van der Waals surface area contributed by atoms with Crippen LogP contribution in [0, 0.1) is 13.8 Å². The number of aromatic amines is 1. The maximum absolute atomic E-state index is 8.98. The Morgan fingerprint density at radius 3 is 2.79 bits per heavy atom. The maximum atomic E-state index is 8.98. The second kappa shape index (κ2) is 3.46. The summed E-state index contributed by atoms with van der Waals surface area (Å²) >= 11 is 0. The summed E-state index contributed by atoms with van der Waals surface area (Å²) in [6.07, 6.45) is 0.731. The highest BCUT2D eigenvalue weighted by atomic mass is 16.2. The lowest BCUT2D eigenvalue weighted by atomic mass is 10.1. The van der Waals surface area contributed by atoms with Crippen molar-refractivity contribution in [2.75, 3.05) is 6.61 Å². The van der Waals surface area contributed by atoms with Gasteiger partial charge < -0.3 is 10.1 Å². The minimum atomic E-state index is 0.210. The van der Waals surface area contributed by atoms with Crippen LogP contribution in [0.3, 0.4) is 0 Å². The highest BCUT2D eigenvalue weighted by Crippen LogP contribution is 2.23. The zero-order valence-corrected chi connectivity index (χ0v) is 8.59. The first-order chi connectivity index (χ1) is 6.72. The van der Waals surface area contributed by atoms with Gasteiger partial charge >= 0.3 is 0 Å². The van der Waals surface area contributed by atoms with E-state index in [1.54, 1.807) is 0 Å². The van der Waals surface area contributed by atoms with E-state index in [2.05, 4.69) is 37.0 Å². The van der Waals surface area contributed by atoms with Crippen LogP contribution < -0.4 is 0 Å². The number of hydrogen-bond donors (Lipinski definition) is 2. The molecule has 2 rings (SSSR count). The van der Waals surface area contributed by atoms with E-state index in [9.17, 15) is 0 Å². The molecule has 2 heteroatoms. The molecule has 2 aromatic rings. The van der Waals surface area contributed by atoms with Crippen molar-refractivity contribution in [3.8, 4) is 0 Å². The highest BCUT2D eigenvalue weighted by molar-refractivity contribution is 5.85. The van der Waals surface area contributed by atoms with Crippen LogP contribution in [0.4, 0.5) is 0 Å². The van der Waals surface area contributed by atoms with Crippen molar-refractivity contribution in [1.82, 2.24) is 4.98 Å². The molecule has 0 spiro atoms. The lowest BCUT2D eigenvalue weighted by molar-refractivity contribution is 0.300. The lowest BCUT2D eigenvalue weighted by Crippen LogP contribution is -1.91. The normalized spacial score (nSPS) is 11.1. The van der Waals surface area contributed by atoms with Crippen molar-refractivity contribution in [2.24, 2.45) is 0 Å². The fourth-order valence-corrected chi connectivity index (χ4v) is 1.93. The number of benzene rings is 1. The van der Waals surface area contributed by atoms with E-state index in [1.165, 1.54) is 22.2 Å². The molecule has 0 aliphatic heterocycles. The number of aromatic nitrogens is 1. The Morgan fingerprint density at radius 2 is 2.07 bits per heavy atom. The van der Waals surface area contributed by atoms with Gasteiger partial charge in [0, 0.05) is 23.2 Å². The largest absolute Gasteiger partial charge is 0.396 e. The molecule has 0 fully saturated rings. The highest BCUT2D eigenvalue weighted by Gasteiger charge is 2.07. The van der Waals surface area contributed by atoms with Gasteiger partial charge in [0.05, 0.1) is 0 Å². The fourth-order valence-electron chi connectivity index (χ4n) is 1.93. The number of aryl methyl sites for hydroxylation is 2. The Hall–Kier alpha value is -1.28. The van der Waals surface area contributed by atoms with E-state index in [4.69, 9.17) is 5.11 Å². The van der Waals surface area contributed by atoms with Crippen LogP contribution in [0.15, 0.2) is 18.2 Å². The van der Waals surface area contributed by atoms with Crippen LogP contribution in [-0.2, 0) is 6.42 Å². The van der Waals surface area contributed by atoms with Gasteiger partial charge in [0.2, 0.25) is 0 Å². The minimum absolute atomic E-state index is 0.210. The van der Waals surface area contributed by atoms with Gasteiger partial charge in [-0.1, -0.05) is 11.6 Å². The molecule has 1 aromatic carbocycles. The zero-order valence-electron chi connectivity index (χ0n) is 8.59. The van der Waals surface area contributed by atoms with Gasteiger partial charge in [-0.25, -0.2) is 0 Å². The average Bonchev–Trinajstić information content (AvgIpc) is 2.45. The molecular weight excluding hydrogens is 174 g/mol. The van der Waals surface area contributed by atoms with Crippen LogP contribution in [0.5, 0.6) is 0 Å². The third-order valence-corrected chi connectivity index (χ3v) is 2.64. The third-order valence-electron chi connectivity index (χ3n) is 2.64. The number of nitrogens with one attached hydrogen (secondary N) is 1. The summed E-state index contributed by atoms with van der Waals surface area (Å²) < 4.78 is 0. The Labute approximate surface area is 83.6 Å². The molecule has 0 aliphatic rings. The number of rotatable bonds is 2. The molecule has 0 aliphatic carbocycles. The van der Waals surface area contributed by atoms with Crippen LogP contribution in [0.2, 0.25) is 0 Å². The molecule has 0 radical (unpaired) electrons. The van der Waals surface area contributed by atoms with E-state index in [-0.39, 0.29) is 6.61 Å². The van der Waals surface area contributed by atoms with Crippen molar-refractivity contribution >= 4 is 10.9 Å². The standard InChI is InChI=1S/C12H15NO/c1-8-3-4-12-11(7-8)10(5-6-14)9(2)13-12/h3-4,7,13-14H,5-6H2,1-2H3. The second-order valence-electron chi connectivity index (χ2n) is 3.75. The van der Waals surface area contributed by atoms with Crippen molar-refractivity contribution in [1.29, 1.82) is 0 Å².